The summed E-state index contributed by atoms with van der Waals surface area (Å²) in [6.45, 7) is 0. The number of nitriles is 1. The van der Waals surface area contributed by atoms with Crippen molar-refractivity contribution in [2.45, 2.75) is 5.92 Å². The molecule has 0 amide bonds. The van der Waals surface area contributed by atoms with Crippen molar-refractivity contribution < 1.29 is 28.2 Å². The third-order valence-electron chi connectivity index (χ3n) is 5.01. The Morgan fingerprint density at radius 3 is 2.09 bits per heavy atom. The third-order valence-corrected chi connectivity index (χ3v) is 5.01. The largest absolute Gasteiger partial charge is 0.497 e. The summed E-state index contributed by atoms with van der Waals surface area (Å²) in [5.41, 5.74) is 6.74. The number of hydrogen-bond donors (Lipinski definition) is 1. The minimum absolute atomic E-state index is 0.00699. The van der Waals surface area contributed by atoms with Gasteiger partial charge in [0.2, 0.25) is 0 Å². The highest BCUT2D eigenvalue weighted by Crippen LogP contribution is 2.43. The summed E-state index contributed by atoms with van der Waals surface area (Å²) in [4.78, 5) is 27.0. The molecule has 1 unspecified atom stereocenters. The van der Waals surface area contributed by atoms with E-state index in [0.717, 1.165) is 26.4 Å². The second-order valence-corrected chi connectivity index (χ2v) is 6.67. The van der Waals surface area contributed by atoms with Crippen molar-refractivity contribution in [2.24, 2.45) is 5.73 Å². The number of carbonyl (C=O) groups excluding carboxylic acids is 2. The Bertz CT molecular complexity index is 1150. The minimum Gasteiger partial charge on any atom is -0.497 e. The molecule has 3 rings (SSSR count). The van der Waals surface area contributed by atoms with E-state index in [9.17, 15) is 19.2 Å². The summed E-state index contributed by atoms with van der Waals surface area (Å²) in [6, 6.07) is 13.7. The highest BCUT2D eigenvalue weighted by Gasteiger charge is 2.43. The van der Waals surface area contributed by atoms with Gasteiger partial charge >= 0.3 is 11.9 Å². The number of ether oxygens (including phenoxy) is 3. The van der Waals surface area contributed by atoms with Crippen LogP contribution in [0, 0.1) is 17.1 Å². The van der Waals surface area contributed by atoms with Crippen LogP contribution < -0.4 is 15.4 Å². The Morgan fingerprint density at radius 1 is 1.00 bits per heavy atom. The Hall–Kier alpha value is -4.32. The van der Waals surface area contributed by atoms with E-state index in [1.807, 2.05) is 6.07 Å². The number of allylic oxidation sites excluding steroid dienone is 1. The molecule has 2 aromatic carbocycles. The van der Waals surface area contributed by atoms with Crippen LogP contribution in [0.2, 0.25) is 0 Å². The molecule has 0 aromatic heterocycles. The van der Waals surface area contributed by atoms with E-state index in [0.29, 0.717) is 11.3 Å². The summed E-state index contributed by atoms with van der Waals surface area (Å²) < 4.78 is 28.6. The van der Waals surface area contributed by atoms with Crippen molar-refractivity contribution in [1.29, 1.82) is 5.26 Å². The lowest BCUT2D eigenvalue weighted by atomic mass is 9.81. The number of methoxy groups -OCH3 is 3. The van der Waals surface area contributed by atoms with Gasteiger partial charge in [0.15, 0.2) is 0 Å². The molecule has 1 aliphatic heterocycles. The van der Waals surface area contributed by atoms with Crippen LogP contribution in [0.1, 0.15) is 11.5 Å². The first-order valence-corrected chi connectivity index (χ1v) is 9.38. The molecule has 0 fully saturated rings. The van der Waals surface area contributed by atoms with Crippen molar-refractivity contribution in [1.82, 2.24) is 0 Å². The van der Waals surface area contributed by atoms with E-state index in [-0.39, 0.29) is 28.4 Å². The fourth-order valence-corrected chi connectivity index (χ4v) is 3.52. The number of nitrogens with zero attached hydrogens (tertiary/aromatic N) is 2. The standard InChI is InChI=1S/C23H20FN3O5/c1-30-16-10-4-13(5-11-16)18-17(12-25)21(26)27(15-8-6-14(24)7-9-15)20(23(29)32-3)19(18)22(28)31-2/h4-11,18H,26H2,1-3H3. The highest BCUT2D eigenvalue weighted by molar-refractivity contribution is 6.06. The minimum atomic E-state index is -1.01. The van der Waals surface area contributed by atoms with Crippen LogP contribution in [0.25, 0.3) is 0 Å². The zero-order valence-electron chi connectivity index (χ0n) is 17.6. The number of esters is 2. The average Bonchev–Trinajstić information content (AvgIpc) is 2.83. The molecular weight excluding hydrogens is 417 g/mol. The number of nitrogens with two attached hydrogens (primary N) is 1. The molecular formula is C23H20FN3O5. The molecule has 2 aromatic rings. The molecule has 0 aliphatic carbocycles. The molecule has 2 N–H and O–H groups in total. The highest BCUT2D eigenvalue weighted by atomic mass is 19.1. The van der Waals surface area contributed by atoms with Crippen LogP contribution >= 0.6 is 0 Å². The molecule has 1 aliphatic rings. The predicted octanol–water partition coefficient (Wildman–Crippen LogP) is 2.73. The third kappa shape index (κ3) is 3.86. The first kappa shape index (κ1) is 22.4. The molecule has 9 heteroatoms. The Morgan fingerprint density at radius 2 is 1.59 bits per heavy atom. The van der Waals surface area contributed by atoms with Gasteiger partial charge in [0.25, 0.3) is 0 Å². The summed E-state index contributed by atoms with van der Waals surface area (Å²) >= 11 is 0. The van der Waals surface area contributed by atoms with E-state index in [4.69, 9.17) is 19.9 Å². The number of hydrogen-bond acceptors (Lipinski definition) is 8. The van der Waals surface area contributed by atoms with Crippen molar-refractivity contribution in [2.75, 3.05) is 26.2 Å². The molecule has 0 spiro atoms. The van der Waals surface area contributed by atoms with Gasteiger partial charge in [-0.25, -0.2) is 14.0 Å². The monoisotopic (exact) mass is 437 g/mol. The van der Waals surface area contributed by atoms with Crippen molar-refractivity contribution in [3.8, 4) is 11.8 Å². The lowest BCUT2D eigenvalue weighted by molar-refractivity contribution is -0.139. The van der Waals surface area contributed by atoms with Gasteiger partial charge in [-0.3, -0.25) is 4.90 Å². The number of halogens is 1. The maximum Gasteiger partial charge on any atom is 0.355 e. The SMILES string of the molecule is COC(=O)C1=C(C(=O)OC)N(c2ccc(F)cc2)C(N)=C(C#N)C1c1ccc(OC)cc1. The van der Waals surface area contributed by atoms with Gasteiger partial charge in [-0.15, -0.1) is 0 Å². The second kappa shape index (κ2) is 9.22. The van der Waals surface area contributed by atoms with Crippen molar-refractivity contribution >= 4 is 17.6 Å². The predicted molar refractivity (Wildman–Crippen MR) is 112 cm³/mol. The van der Waals surface area contributed by atoms with E-state index >= 15 is 0 Å². The summed E-state index contributed by atoms with van der Waals surface area (Å²) in [5, 5.41) is 9.97. The summed E-state index contributed by atoms with van der Waals surface area (Å²) in [5.74, 6) is -2.80. The Labute approximate surface area is 183 Å². The molecule has 0 saturated carbocycles. The number of benzene rings is 2. The topological polar surface area (TPSA) is 115 Å². The molecule has 0 bridgehead atoms. The molecule has 164 valence electrons. The van der Waals surface area contributed by atoms with Gasteiger partial charge in [0, 0.05) is 5.69 Å². The van der Waals surface area contributed by atoms with Crippen LogP contribution in [0.3, 0.4) is 0 Å². The van der Waals surface area contributed by atoms with Gasteiger partial charge < -0.3 is 19.9 Å². The van der Waals surface area contributed by atoms with Crippen LogP contribution in [-0.2, 0) is 19.1 Å². The molecule has 0 saturated heterocycles. The van der Waals surface area contributed by atoms with E-state index < -0.39 is 23.7 Å². The van der Waals surface area contributed by atoms with E-state index in [1.54, 1.807) is 24.3 Å². The zero-order valence-corrected chi connectivity index (χ0v) is 17.6. The lowest BCUT2D eigenvalue weighted by Crippen LogP contribution is -2.40. The first-order valence-electron chi connectivity index (χ1n) is 9.38. The molecule has 1 atom stereocenters. The Kier molecular flexibility index (Phi) is 6.45. The fraction of sp³-hybridized carbons (Fsp3) is 0.174. The molecule has 0 radical (unpaired) electrons. The lowest BCUT2D eigenvalue weighted by Gasteiger charge is -2.35. The van der Waals surface area contributed by atoms with Gasteiger partial charge in [-0.2, -0.15) is 5.26 Å². The molecule has 32 heavy (non-hydrogen) atoms. The van der Waals surface area contributed by atoms with Crippen molar-refractivity contribution in [3.63, 3.8) is 0 Å². The average molecular weight is 437 g/mol. The molecule has 1 heterocycles. The smallest absolute Gasteiger partial charge is 0.355 e. The van der Waals surface area contributed by atoms with E-state index in [2.05, 4.69) is 0 Å². The van der Waals surface area contributed by atoms with Gasteiger partial charge in [0.1, 0.15) is 23.1 Å². The summed E-state index contributed by atoms with van der Waals surface area (Å²) in [6.07, 6.45) is 0. The van der Waals surface area contributed by atoms with Crippen LogP contribution in [0.5, 0.6) is 5.75 Å². The number of anilines is 1. The van der Waals surface area contributed by atoms with Gasteiger partial charge in [-0.1, -0.05) is 12.1 Å². The van der Waals surface area contributed by atoms with Crippen LogP contribution in [0.15, 0.2) is 71.2 Å². The quantitative estimate of drug-likeness (QED) is 0.710. The summed E-state index contributed by atoms with van der Waals surface area (Å²) in [7, 11) is 3.81. The maximum atomic E-state index is 13.5. The second-order valence-electron chi connectivity index (χ2n) is 6.67. The Balaban J connectivity index is 2.37. The van der Waals surface area contributed by atoms with Crippen LogP contribution in [0.4, 0.5) is 10.1 Å². The zero-order chi connectivity index (χ0) is 23.4. The van der Waals surface area contributed by atoms with Gasteiger partial charge in [0.05, 0.1) is 44.5 Å². The first-order chi connectivity index (χ1) is 15.4. The number of rotatable bonds is 5. The van der Waals surface area contributed by atoms with Gasteiger partial charge in [-0.05, 0) is 42.0 Å². The normalized spacial score (nSPS) is 15.8. The van der Waals surface area contributed by atoms with Crippen molar-refractivity contribution in [3.05, 3.63) is 82.6 Å². The number of carbonyl (C=O) groups is 2. The van der Waals surface area contributed by atoms with E-state index in [1.165, 1.54) is 24.1 Å². The molecule has 8 nitrogen and oxygen atoms in total. The van der Waals surface area contributed by atoms with Crippen LogP contribution in [-0.4, -0.2) is 33.3 Å². The fourth-order valence-electron chi connectivity index (χ4n) is 3.52. The maximum absolute atomic E-state index is 13.5.